The first-order valence-electron chi connectivity index (χ1n) is 5.88. The van der Waals surface area contributed by atoms with Gasteiger partial charge < -0.3 is 0 Å². The molecule has 0 saturated heterocycles. The van der Waals surface area contributed by atoms with Crippen molar-refractivity contribution < 1.29 is 8.42 Å². The topological polar surface area (TPSA) is 90.9 Å². The van der Waals surface area contributed by atoms with E-state index in [1.54, 1.807) is 0 Å². The fourth-order valence-corrected chi connectivity index (χ4v) is 2.64. The summed E-state index contributed by atoms with van der Waals surface area (Å²) < 4.78 is 24.4. The Morgan fingerprint density at radius 1 is 1.26 bits per heavy atom. The van der Waals surface area contributed by atoms with Crippen LogP contribution in [0.3, 0.4) is 0 Å². The van der Waals surface area contributed by atoms with Crippen molar-refractivity contribution >= 4 is 10.0 Å². The van der Waals surface area contributed by atoms with Crippen LogP contribution in [0.1, 0.15) is 18.1 Å². The van der Waals surface area contributed by atoms with Gasteiger partial charge in [0.15, 0.2) is 5.82 Å². The minimum atomic E-state index is -3.87. The highest BCUT2D eigenvalue weighted by Gasteiger charge is 2.21. The smallest absolute Gasteiger partial charge is 0.273 e. The lowest BCUT2D eigenvalue weighted by Gasteiger charge is -2.09. The number of rotatable bonds is 3. The van der Waals surface area contributed by atoms with Gasteiger partial charge in [0.1, 0.15) is 0 Å². The molecule has 102 valence electrons. The Morgan fingerprint density at radius 3 is 2.53 bits per heavy atom. The van der Waals surface area contributed by atoms with Gasteiger partial charge in [0.25, 0.3) is 15.2 Å². The van der Waals surface area contributed by atoms with Gasteiger partial charge in [0, 0.05) is 12.1 Å². The van der Waals surface area contributed by atoms with Gasteiger partial charge in [0.2, 0.25) is 0 Å². The Hall–Kier alpha value is -1.73. The zero-order valence-corrected chi connectivity index (χ0v) is 11.9. The van der Waals surface area contributed by atoms with Crippen molar-refractivity contribution in [3.63, 3.8) is 0 Å². The van der Waals surface area contributed by atoms with Crippen molar-refractivity contribution in [3.05, 3.63) is 29.3 Å². The number of primary sulfonamides is 1. The Labute approximate surface area is 112 Å². The van der Waals surface area contributed by atoms with Crippen LogP contribution >= 0.6 is 0 Å². The van der Waals surface area contributed by atoms with Gasteiger partial charge in [-0.3, -0.25) is 4.57 Å². The fraction of sp³-hybridized carbons (Fsp3) is 0.333. The largest absolute Gasteiger partial charge is 0.297 e. The molecule has 7 heteroatoms. The molecular weight excluding hydrogens is 264 g/mol. The first-order chi connectivity index (χ1) is 8.84. The van der Waals surface area contributed by atoms with Gasteiger partial charge in [-0.1, -0.05) is 17.7 Å². The van der Waals surface area contributed by atoms with Crippen molar-refractivity contribution in [2.75, 3.05) is 0 Å². The van der Waals surface area contributed by atoms with Gasteiger partial charge in [-0.25, -0.2) is 13.6 Å². The highest BCUT2D eigenvalue weighted by atomic mass is 32.2. The summed E-state index contributed by atoms with van der Waals surface area (Å²) in [6.45, 7) is 6.17. The standard InChI is InChI=1S/C12H16N4O2S/c1-4-16-11(14-15-12(16)19(13,17)18)10-7-8(2)5-6-9(10)3/h5-7H,4H2,1-3H3,(H2,13,17,18). The Bertz CT molecular complexity index is 719. The molecule has 0 radical (unpaired) electrons. The molecule has 1 aromatic heterocycles. The molecule has 0 fully saturated rings. The van der Waals surface area contributed by atoms with Crippen LogP contribution < -0.4 is 5.14 Å². The molecule has 0 amide bonds. The lowest BCUT2D eigenvalue weighted by molar-refractivity contribution is 0.571. The molecular formula is C12H16N4O2S. The zero-order chi connectivity index (χ0) is 14.2. The van der Waals surface area contributed by atoms with Crippen molar-refractivity contribution in [3.8, 4) is 11.4 Å². The molecule has 0 aliphatic heterocycles. The van der Waals surface area contributed by atoms with Crippen LogP contribution in [-0.2, 0) is 16.6 Å². The van der Waals surface area contributed by atoms with Gasteiger partial charge in [-0.05, 0) is 32.4 Å². The number of hydrogen-bond acceptors (Lipinski definition) is 4. The summed E-state index contributed by atoms with van der Waals surface area (Å²) in [6, 6.07) is 5.92. The van der Waals surface area contributed by atoms with Crippen LogP contribution in [0.4, 0.5) is 0 Å². The summed E-state index contributed by atoms with van der Waals surface area (Å²) in [5.41, 5.74) is 2.95. The Kier molecular flexibility index (Phi) is 3.42. The molecule has 2 N–H and O–H groups in total. The molecule has 2 aromatic rings. The normalized spacial score (nSPS) is 11.8. The number of aromatic nitrogens is 3. The lowest BCUT2D eigenvalue weighted by Crippen LogP contribution is -2.18. The van der Waals surface area contributed by atoms with Crippen molar-refractivity contribution in [2.24, 2.45) is 5.14 Å². The average Bonchev–Trinajstić information content (AvgIpc) is 2.75. The van der Waals surface area contributed by atoms with E-state index in [1.165, 1.54) is 4.57 Å². The van der Waals surface area contributed by atoms with Crippen molar-refractivity contribution in [1.29, 1.82) is 0 Å². The third-order valence-electron chi connectivity index (χ3n) is 2.92. The first kappa shape index (κ1) is 13.7. The minimum absolute atomic E-state index is 0.203. The fourth-order valence-electron chi connectivity index (χ4n) is 1.96. The van der Waals surface area contributed by atoms with E-state index < -0.39 is 10.0 Å². The predicted octanol–water partition coefficient (Wildman–Crippen LogP) is 1.23. The van der Waals surface area contributed by atoms with Crippen LogP contribution in [-0.4, -0.2) is 23.2 Å². The van der Waals surface area contributed by atoms with Gasteiger partial charge in [-0.2, -0.15) is 0 Å². The molecule has 0 saturated carbocycles. The molecule has 6 nitrogen and oxygen atoms in total. The second kappa shape index (κ2) is 4.75. The maximum Gasteiger partial charge on any atom is 0.273 e. The predicted molar refractivity (Wildman–Crippen MR) is 72.0 cm³/mol. The third kappa shape index (κ3) is 2.52. The third-order valence-corrected chi connectivity index (χ3v) is 3.73. The molecule has 0 unspecified atom stereocenters. The van der Waals surface area contributed by atoms with Gasteiger partial charge in [-0.15, -0.1) is 10.2 Å². The van der Waals surface area contributed by atoms with E-state index in [2.05, 4.69) is 10.2 Å². The summed E-state index contributed by atoms with van der Waals surface area (Å²) in [6.07, 6.45) is 0. The summed E-state index contributed by atoms with van der Waals surface area (Å²) >= 11 is 0. The van der Waals surface area contributed by atoms with E-state index in [9.17, 15) is 8.42 Å². The summed E-state index contributed by atoms with van der Waals surface area (Å²) in [7, 11) is -3.87. The summed E-state index contributed by atoms with van der Waals surface area (Å²) in [5.74, 6) is 0.521. The number of benzene rings is 1. The lowest BCUT2D eigenvalue weighted by atomic mass is 10.1. The summed E-state index contributed by atoms with van der Waals surface area (Å²) in [5, 5.41) is 12.6. The van der Waals surface area contributed by atoms with Gasteiger partial charge in [0.05, 0.1) is 0 Å². The zero-order valence-electron chi connectivity index (χ0n) is 11.1. The molecule has 19 heavy (non-hydrogen) atoms. The first-order valence-corrected chi connectivity index (χ1v) is 7.43. The molecule has 0 atom stereocenters. The van der Waals surface area contributed by atoms with Crippen LogP contribution in [0, 0.1) is 13.8 Å². The van der Waals surface area contributed by atoms with E-state index in [-0.39, 0.29) is 5.16 Å². The van der Waals surface area contributed by atoms with E-state index >= 15 is 0 Å². The molecule has 1 aromatic carbocycles. The highest BCUT2D eigenvalue weighted by Crippen LogP contribution is 2.24. The van der Waals surface area contributed by atoms with E-state index in [0.29, 0.717) is 12.4 Å². The SMILES string of the molecule is CCn1c(-c2cc(C)ccc2C)nnc1S(N)(=O)=O. The van der Waals surface area contributed by atoms with Crippen LogP contribution in [0.25, 0.3) is 11.4 Å². The van der Waals surface area contributed by atoms with Crippen molar-refractivity contribution in [2.45, 2.75) is 32.5 Å². The second-order valence-corrected chi connectivity index (χ2v) is 5.87. The molecule has 0 aliphatic rings. The Morgan fingerprint density at radius 2 is 1.95 bits per heavy atom. The number of nitrogens with zero attached hydrogens (tertiary/aromatic N) is 3. The van der Waals surface area contributed by atoms with Gasteiger partial charge >= 0.3 is 0 Å². The maximum absolute atomic E-state index is 11.5. The van der Waals surface area contributed by atoms with E-state index in [0.717, 1.165) is 16.7 Å². The van der Waals surface area contributed by atoms with Crippen molar-refractivity contribution in [1.82, 2.24) is 14.8 Å². The highest BCUT2D eigenvalue weighted by molar-refractivity contribution is 7.89. The van der Waals surface area contributed by atoms with Crippen LogP contribution in [0.15, 0.2) is 23.4 Å². The average molecular weight is 280 g/mol. The van der Waals surface area contributed by atoms with E-state index in [4.69, 9.17) is 5.14 Å². The Balaban J connectivity index is 2.70. The second-order valence-electron chi connectivity index (χ2n) is 4.41. The number of hydrogen-bond donors (Lipinski definition) is 1. The number of aryl methyl sites for hydroxylation is 2. The molecule has 0 aliphatic carbocycles. The molecule has 0 bridgehead atoms. The van der Waals surface area contributed by atoms with E-state index in [1.807, 2.05) is 39.0 Å². The molecule has 2 rings (SSSR count). The quantitative estimate of drug-likeness (QED) is 0.915. The molecule has 0 spiro atoms. The van der Waals surface area contributed by atoms with Crippen LogP contribution in [0.5, 0.6) is 0 Å². The monoisotopic (exact) mass is 280 g/mol. The number of sulfonamides is 1. The number of nitrogens with two attached hydrogens (primary N) is 1. The molecule has 1 heterocycles. The minimum Gasteiger partial charge on any atom is -0.297 e. The van der Waals surface area contributed by atoms with Crippen LogP contribution in [0.2, 0.25) is 0 Å². The summed E-state index contributed by atoms with van der Waals surface area (Å²) in [4.78, 5) is 0. The maximum atomic E-state index is 11.5.